The molecule has 3 heterocycles. The Hall–Kier alpha value is -6.10. The number of β-amino-alcohol motifs (C(OH)–C–C–N with tert-alkyl or cyclic N) is 1. The van der Waals surface area contributed by atoms with E-state index in [4.69, 9.17) is 14.7 Å². The van der Waals surface area contributed by atoms with Crippen molar-refractivity contribution >= 4 is 40.7 Å². The number of hydrogen-bond acceptors (Lipinski definition) is 12. The number of nitrogens with zero attached hydrogens (tertiary/aromatic N) is 4. The lowest BCUT2D eigenvalue weighted by Gasteiger charge is -2.63. The molecular formula is C52H65F3N8O7S. The molecule has 71 heavy (non-hydrogen) atoms. The van der Waals surface area contributed by atoms with E-state index in [0.717, 1.165) is 52.5 Å². The maximum atomic E-state index is 14.1. The fourth-order valence-electron chi connectivity index (χ4n) is 9.83. The molecule has 6 rings (SSSR count). The Morgan fingerprint density at radius 3 is 2.25 bits per heavy atom. The van der Waals surface area contributed by atoms with Crippen molar-refractivity contribution in [3.63, 3.8) is 0 Å². The van der Waals surface area contributed by atoms with Gasteiger partial charge in [-0.2, -0.15) is 18.4 Å². The summed E-state index contributed by atoms with van der Waals surface area (Å²) in [6.07, 6.45) is -2.77. The minimum Gasteiger partial charge on any atom is -0.488 e. The van der Waals surface area contributed by atoms with E-state index in [1.807, 2.05) is 86.6 Å². The molecular weight excluding hydrogens is 938 g/mol. The molecule has 2 aromatic carbocycles. The molecule has 2 fully saturated rings. The van der Waals surface area contributed by atoms with Crippen LogP contribution in [0.15, 0.2) is 66.3 Å². The zero-order valence-corrected chi connectivity index (χ0v) is 42.5. The van der Waals surface area contributed by atoms with Gasteiger partial charge < -0.3 is 40.7 Å². The number of carbonyl (C=O) groups is 4. The maximum Gasteiger partial charge on any atom is 0.419 e. The van der Waals surface area contributed by atoms with Gasteiger partial charge in [-0.25, -0.2) is 9.97 Å². The van der Waals surface area contributed by atoms with Gasteiger partial charge in [0.1, 0.15) is 36.6 Å². The van der Waals surface area contributed by atoms with Crippen molar-refractivity contribution in [1.82, 2.24) is 30.8 Å². The molecule has 2 aliphatic rings. The lowest BCUT2D eigenvalue weighted by molar-refractivity contribution is -0.165. The monoisotopic (exact) mass is 1000 g/mol. The van der Waals surface area contributed by atoms with E-state index in [2.05, 4.69) is 31.2 Å². The molecule has 1 unspecified atom stereocenters. The summed E-state index contributed by atoms with van der Waals surface area (Å²) in [5.41, 5.74) is 1.98. The Kier molecular flexibility index (Phi) is 16.9. The number of aromatic nitrogens is 2. The Bertz CT molecular complexity index is 2560. The van der Waals surface area contributed by atoms with Gasteiger partial charge in [0.05, 0.1) is 40.0 Å². The van der Waals surface area contributed by atoms with E-state index in [9.17, 15) is 37.5 Å². The summed E-state index contributed by atoms with van der Waals surface area (Å²) in [6.45, 7) is 17.5. The van der Waals surface area contributed by atoms with Crippen molar-refractivity contribution in [2.45, 2.75) is 131 Å². The fraction of sp³-hybridized carbons (Fsp3) is 0.519. The van der Waals surface area contributed by atoms with Crippen molar-refractivity contribution in [3.05, 3.63) is 94.4 Å². The van der Waals surface area contributed by atoms with Crippen LogP contribution in [0.3, 0.4) is 0 Å². The predicted octanol–water partition coefficient (Wildman–Crippen LogP) is 7.98. The van der Waals surface area contributed by atoms with Gasteiger partial charge in [-0.15, -0.1) is 11.3 Å². The first-order valence-corrected chi connectivity index (χ1v) is 24.7. The minimum atomic E-state index is -4.78. The van der Waals surface area contributed by atoms with Gasteiger partial charge in [-0.3, -0.25) is 19.2 Å². The van der Waals surface area contributed by atoms with E-state index in [1.54, 1.807) is 41.1 Å². The number of ether oxygens (including phenoxy) is 2. The third kappa shape index (κ3) is 12.9. The highest BCUT2D eigenvalue weighted by molar-refractivity contribution is 7.13. The molecule has 2 aromatic heterocycles. The lowest BCUT2D eigenvalue weighted by Crippen LogP contribution is -2.74. The molecule has 4 aromatic rings. The highest BCUT2D eigenvalue weighted by Crippen LogP contribution is 2.55. The number of carbonyl (C=O) groups excluding carboxylic acids is 4. The van der Waals surface area contributed by atoms with Gasteiger partial charge in [0.15, 0.2) is 5.69 Å². The van der Waals surface area contributed by atoms with Crippen LogP contribution < -0.4 is 26.0 Å². The first kappa shape index (κ1) is 54.2. The SMILES string of the molecule is Cc1ncsc1-c1ccc([C@H](C)NC(=O)[C@@H]2C[C@@H](O)CN2C(=O)C(NC(=O)COCCCCCNc2ccc(C(=O)N[C@H]3C(C)(C)[C@H](Oc4cnc(C#N)c(C(F)(F)F)c4)C3(C)C)cc2)C(C)(C)C)cc1. The number of hydrogen-bond donors (Lipinski definition) is 5. The van der Waals surface area contributed by atoms with Gasteiger partial charge in [-0.05, 0) is 80.0 Å². The summed E-state index contributed by atoms with van der Waals surface area (Å²) in [7, 11) is 0. The zero-order valence-electron chi connectivity index (χ0n) is 41.7. The molecule has 4 atom stereocenters. The molecule has 15 nitrogen and oxygen atoms in total. The van der Waals surface area contributed by atoms with Crippen LogP contribution >= 0.6 is 11.3 Å². The van der Waals surface area contributed by atoms with Gasteiger partial charge in [0, 0.05) is 54.2 Å². The van der Waals surface area contributed by atoms with Gasteiger partial charge in [0.25, 0.3) is 5.91 Å². The number of unbranched alkanes of at least 4 members (excludes halogenated alkanes) is 2. The summed E-state index contributed by atoms with van der Waals surface area (Å²) in [5, 5.41) is 32.0. The third-order valence-electron chi connectivity index (χ3n) is 13.4. The lowest BCUT2D eigenvalue weighted by atomic mass is 9.49. The average molecular weight is 1000 g/mol. The van der Waals surface area contributed by atoms with Crippen LogP contribution in [0.4, 0.5) is 18.9 Å². The zero-order chi connectivity index (χ0) is 52.1. The first-order valence-electron chi connectivity index (χ1n) is 23.8. The molecule has 19 heteroatoms. The number of anilines is 1. The van der Waals surface area contributed by atoms with E-state index in [1.165, 1.54) is 11.0 Å². The van der Waals surface area contributed by atoms with Crippen molar-refractivity contribution in [1.29, 1.82) is 5.26 Å². The number of rotatable bonds is 19. The second-order valence-corrected chi connectivity index (χ2v) is 21.6. The van der Waals surface area contributed by atoms with Crippen molar-refractivity contribution in [2.24, 2.45) is 16.2 Å². The summed E-state index contributed by atoms with van der Waals surface area (Å²) in [4.78, 5) is 64.6. The Morgan fingerprint density at radius 2 is 1.65 bits per heavy atom. The Balaban J connectivity index is 0.893. The standard InChI is InChI=1S/C52H65F3N8O7S/c1-30(32-13-15-33(16-14-32)42-31(2)59-29-71-42)60-45(67)40-23-36(64)27-63(40)46(68)43(49(3,4)5)61-41(65)28-69-22-12-10-11-21-57-35-19-17-34(18-20-35)44(66)62-47-50(6,7)48(51(47,8)9)70-37-24-38(52(53,54)55)39(25-56)58-26-37/h13-20,24,26,29-30,36,40,43,47-48,57,64H,10-12,21-23,27-28H2,1-9H3,(H,60,67)(H,61,65)(H,62,66)/t30-,36+,40-,43?,47-,48-/m0/s1. The van der Waals surface area contributed by atoms with Gasteiger partial charge >= 0.3 is 6.18 Å². The van der Waals surface area contributed by atoms with Crippen molar-refractivity contribution in [3.8, 4) is 22.3 Å². The topological polar surface area (TPSA) is 208 Å². The van der Waals surface area contributed by atoms with Crippen LogP contribution in [0.5, 0.6) is 5.75 Å². The number of nitrogens with one attached hydrogen (secondary N) is 4. The van der Waals surface area contributed by atoms with Crippen LogP contribution in [-0.2, 0) is 25.3 Å². The number of benzene rings is 2. The number of likely N-dealkylation sites (tertiary alicyclic amines) is 1. The molecule has 0 radical (unpaired) electrons. The molecule has 4 amide bonds. The summed E-state index contributed by atoms with van der Waals surface area (Å²) < 4.78 is 52.4. The average Bonchev–Trinajstić information content (AvgIpc) is 3.94. The third-order valence-corrected chi connectivity index (χ3v) is 14.4. The largest absolute Gasteiger partial charge is 0.488 e. The quantitative estimate of drug-likeness (QED) is 0.0569. The van der Waals surface area contributed by atoms with Crippen LogP contribution in [0.25, 0.3) is 10.4 Å². The number of alkyl halides is 3. The maximum absolute atomic E-state index is 14.1. The number of thiazole rings is 1. The number of aliphatic hydroxyl groups is 1. The molecule has 1 saturated carbocycles. The first-order chi connectivity index (χ1) is 33.3. The number of halogens is 3. The number of aliphatic hydroxyl groups excluding tert-OH is 1. The minimum absolute atomic E-state index is 0.0344. The molecule has 382 valence electrons. The molecule has 0 bridgehead atoms. The summed E-state index contributed by atoms with van der Waals surface area (Å²) >= 11 is 1.56. The molecule has 1 aliphatic carbocycles. The number of nitriles is 1. The van der Waals surface area contributed by atoms with Crippen LogP contribution in [0.1, 0.15) is 120 Å². The van der Waals surface area contributed by atoms with E-state index < -0.39 is 69.8 Å². The van der Waals surface area contributed by atoms with Gasteiger partial charge in [0.2, 0.25) is 17.7 Å². The molecule has 0 spiro atoms. The van der Waals surface area contributed by atoms with Crippen LogP contribution in [0, 0.1) is 34.5 Å². The van der Waals surface area contributed by atoms with Crippen molar-refractivity contribution in [2.75, 3.05) is 31.6 Å². The van der Waals surface area contributed by atoms with Crippen LogP contribution in [0.2, 0.25) is 0 Å². The predicted molar refractivity (Wildman–Crippen MR) is 263 cm³/mol. The molecule has 1 saturated heterocycles. The Morgan fingerprint density at radius 1 is 0.972 bits per heavy atom. The van der Waals surface area contributed by atoms with Crippen LogP contribution in [-0.4, -0.2) is 100 Å². The number of aryl methyl sites for hydroxylation is 1. The second kappa shape index (κ2) is 22.1. The normalized spacial score (nSPS) is 20.2. The highest BCUT2D eigenvalue weighted by atomic mass is 32.1. The van der Waals surface area contributed by atoms with E-state index in [-0.39, 0.29) is 49.2 Å². The Labute approximate surface area is 417 Å². The summed E-state index contributed by atoms with van der Waals surface area (Å²) in [5.74, 6) is -1.73. The smallest absolute Gasteiger partial charge is 0.419 e. The van der Waals surface area contributed by atoms with Crippen molar-refractivity contribution < 1.29 is 46.9 Å². The van der Waals surface area contributed by atoms with E-state index >= 15 is 0 Å². The number of amides is 4. The molecule has 5 N–H and O–H groups in total. The van der Waals surface area contributed by atoms with E-state index in [0.29, 0.717) is 25.1 Å². The second-order valence-electron chi connectivity index (χ2n) is 20.7. The summed E-state index contributed by atoms with van der Waals surface area (Å²) in [6, 6.07) is 14.5. The fourth-order valence-corrected chi connectivity index (χ4v) is 10.6. The van der Waals surface area contributed by atoms with Gasteiger partial charge in [-0.1, -0.05) is 72.7 Å². The molecule has 1 aliphatic heterocycles. The number of pyridine rings is 1. The highest BCUT2D eigenvalue weighted by Gasteiger charge is 2.64.